The molecule has 0 radical (unpaired) electrons. The van der Waals surface area contributed by atoms with Gasteiger partial charge in [-0.05, 0) is 25.2 Å². The maximum Gasteiger partial charge on any atom is 0.306 e. The van der Waals surface area contributed by atoms with Gasteiger partial charge in [0.2, 0.25) is 0 Å². The van der Waals surface area contributed by atoms with Crippen LogP contribution in [0.15, 0.2) is 0 Å². The Labute approximate surface area is 342 Å². The summed E-state index contributed by atoms with van der Waals surface area (Å²) in [7, 11) is 0. The van der Waals surface area contributed by atoms with Crippen LogP contribution >= 0.6 is 0 Å². The van der Waals surface area contributed by atoms with E-state index < -0.39 is 6.10 Å². The molecule has 0 heterocycles. The summed E-state index contributed by atoms with van der Waals surface area (Å²) < 4.78 is 16.7. The first-order chi connectivity index (χ1) is 26.9. The molecule has 0 aliphatic heterocycles. The van der Waals surface area contributed by atoms with E-state index in [4.69, 9.17) is 14.2 Å². The van der Waals surface area contributed by atoms with E-state index in [0.717, 1.165) is 63.7 Å². The minimum absolute atomic E-state index is 0.0644. The molecular formula is C49H94O6. The van der Waals surface area contributed by atoms with Gasteiger partial charge < -0.3 is 14.2 Å². The fourth-order valence-electron chi connectivity index (χ4n) is 7.33. The van der Waals surface area contributed by atoms with Crippen LogP contribution in [0.3, 0.4) is 0 Å². The number of hydrogen-bond acceptors (Lipinski definition) is 6. The molecule has 0 aromatic rings. The molecule has 6 nitrogen and oxygen atoms in total. The van der Waals surface area contributed by atoms with Crippen molar-refractivity contribution in [1.82, 2.24) is 0 Å². The Morgan fingerprint density at radius 1 is 0.345 bits per heavy atom. The number of esters is 3. The first kappa shape index (κ1) is 53.4. The van der Waals surface area contributed by atoms with Crippen LogP contribution in [-0.2, 0) is 28.6 Å². The Kier molecular flexibility index (Phi) is 42.3. The van der Waals surface area contributed by atoms with Gasteiger partial charge in [0.1, 0.15) is 13.2 Å². The molecule has 0 fully saturated rings. The Balaban J connectivity index is 4.23. The fourth-order valence-corrected chi connectivity index (χ4v) is 7.33. The molecule has 0 unspecified atom stereocenters. The van der Waals surface area contributed by atoms with E-state index in [-0.39, 0.29) is 31.1 Å². The van der Waals surface area contributed by atoms with E-state index in [1.807, 2.05) is 0 Å². The van der Waals surface area contributed by atoms with E-state index in [1.54, 1.807) is 0 Å². The van der Waals surface area contributed by atoms with E-state index in [0.29, 0.717) is 19.3 Å². The molecule has 0 rings (SSSR count). The van der Waals surface area contributed by atoms with Crippen molar-refractivity contribution in [3.63, 3.8) is 0 Å². The van der Waals surface area contributed by atoms with E-state index in [1.165, 1.54) is 167 Å². The lowest BCUT2D eigenvalue weighted by Gasteiger charge is -2.18. The van der Waals surface area contributed by atoms with Crippen molar-refractivity contribution in [1.29, 1.82) is 0 Å². The third-order valence-electron chi connectivity index (χ3n) is 11.0. The summed E-state index contributed by atoms with van der Waals surface area (Å²) in [6.07, 6.45) is 43.9. The second-order valence-electron chi connectivity index (χ2n) is 17.2. The van der Waals surface area contributed by atoms with Gasteiger partial charge in [0.25, 0.3) is 0 Å². The summed E-state index contributed by atoms with van der Waals surface area (Å²) in [4.78, 5) is 37.7. The summed E-state index contributed by atoms with van der Waals surface area (Å²) in [6.45, 7) is 8.94. The van der Waals surface area contributed by atoms with Gasteiger partial charge in [-0.15, -0.1) is 0 Å². The molecule has 0 aromatic carbocycles. The highest BCUT2D eigenvalue weighted by molar-refractivity contribution is 5.71. The Bertz CT molecular complexity index is 826. The molecule has 1 atom stereocenters. The minimum atomic E-state index is -0.760. The molecule has 0 aromatic heterocycles. The van der Waals surface area contributed by atoms with Gasteiger partial charge >= 0.3 is 17.9 Å². The molecular weight excluding hydrogens is 685 g/mol. The zero-order valence-corrected chi connectivity index (χ0v) is 37.4. The number of carbonyl (C=O) groups excluding carboxylic acids is 3. The molecule has 55 heavy (non-hydrogen) atoms. The lowest BCUT2D eigenvalue weighted by atomic mass is 10.0. The van der Waals surface area contributed by atoms with Gasteiger partial charge in [0, 0.05) is 19.3 Å². The van der Waals surface area contributed by atoms with Crippen molar-refractivity contribution >= 4 is 17.9 Å². The Hall–Kier alpha value is -1.59. The third-order valence-corrected chi connectivity index (χ3v) is 11.0. The normalized spacial score (nSPS) is 11.9. The summed E-state index contributed by atoms with van der Waals surface area (Å²) >= 11 is 0. The number of unbranched alkanes of at least 4 members (excludes halogenated alkanes) is 31. The van der Waals surface area contributed by atoms with Gasteiger partial charge in [0.15, 0.2) is 6.10 Å². The van der Waals surface area contributed by atoms with Crippen LogP contribution in [0.25, 0.3) is 0 Å². The molecule has 6 heteroatoms. The number of rotatable bonds is 44. The van der Waals surface area contributed by atoms with Crippen molar-refractivity contribution in [3.05, 3.63) is 0 Å². The Morgan fingerprint density at radius 2 is 0.600 bits per heavy atom. The topological polar surface area (TPSA) is 78.9 Å². The van der Waals surface area contributed by atoms with Gasteiger partial charge in [0.05, 0.1) is 0 Å². The molecule has 0 spiro atoms. The van der Waals surface area contributed by atoms with E-state index in [2.05, 4.69) is 27.7 Å². The van der Waals surface area contributed by atoms with Crippen LogP contribution in [0.2, 0.25) is 0 Å². The summed E-state index contributed by atoms with van der Waals surface area (Å²) in [5.41, 5.74) is 0. The maximum atomic E-state index is 12.7. The van der Waals surface area contributed by atoms with Crippen molar-refractivity contribution in [2.24, 2.45) is 5.92 Å². The highest BCUT2D eigenvalue weighted by Crippen LogP contribution is 2.16. The molecule has 326 valence electrons. The summed E-state index contributed by atoms with van der Waals surface area (Å²) in [5, 5.41) is 0. The first-order valence-corrected chi connectivity index (χ1v) is 24.4. The van der Waals surface area contributed by atoms with Gasteiger partial charge in [-0.2, -0.15) is 0 Å². The molecule has 0 bridgehead atoms. The molecule has 0 N–H and O–H groups in total. The second kappa shape index (κ2) is 43.5. The number of hydrogen-bond donors (Lipinski definition) is 0. The van der Waals surface area contributed by atoms with Gasteiger partial charge in [-0.25, -0.2) is 0 Å². The molecule has 0 amide bonds. The average molecular weight is 779 g/mol. The van der Waals surface area contributed by atoms with Crippen LogP contribution in [0.5, 0.6) is 0 Å². The molecule has 0 saturated carbocycles. The van der Waals surface area contributed by atoms with Crippen LogP contribution in [0.1, 0.15) is 272 Å². The highest BCUT2D eigenvalue weighted by Gasteiger charge is 2.19. The smallest absolute Gasteiger partial charge is 0.306 e. The zero-order chi connectivity index (χ0) is 40.3. The summed E-state index contributed by atoms with van der Waals surface area (Å²) in [5.74, 6) is -0.0964. The van der Waals surface area contributed by atoms with Crippen LogP contribution < -0.4 is 0 Å². The van der Waals surface area contributed by atoms with Crippen molar-refractivity contribution in [2.75, 3.05) is 13.2 Å². The minimum Gasteiger partial charge on any atom is -0.462 e. The summed E-state index contributed by atoms with van der Waals surface area (Å²) in [6, 6.07) is 0. The largest absolute Gasteiger partial charge is 0.462 e. The average Bonchev–Trinajstić information content (AvgIpc) is 3.17. The lowest BCUT2D eigenvalue weighted by Crippen LogP contribution is -2.30. The van der Waals surface area contributed by atoms with E-state index >= 15 is 0 Å². The lowest BCUT2D eigenvalue weighted by molar-refractivity contribution is -0.167. The quantitative estimate of drug-likeness (QED) is 0.0348. The fraction of sp³-hybridized carbons (Fsp3) is 0.939. The maximum absolute atomic E-state index is 12.7. The van der Waals surface area contributed by atoms with Crippen molar-refractivity contribution < 1.29 is 28.6 Å². The van der Waals surface area contributed by atoms with Gasteiger partial charge in [-0.1, -0.05) is 233 Å². The van der Waals surface area contributed by atoms with Crippen LogP contribution in [-0.4, -0.2) is 37.2 Å². The monoisotopic (exact) mass is 779 g/mol. The molecule has 0 saturated heterocycles. The first-order valence-electron chi connectivity index (χ1n) is 24.4. The zero-order valence-electron chi connectivity index (χ0n) is 37.4. The predicted molar refractivity (Wildman–Crippen MR) is 233 cm³/mol. The number of carbonyl (C=O) groups is 3. The third kappa shape index (κ3) is 43.4. The number of ether oxygens (including phenoxy) is 3. The SMILES string of the molecule is CCCCCCCCCCCCCCCCCCCC(=O)OC[C@H](COC(=O)CCCCCCCCCCCCC)OC(=O)CCCCCCCCC(C)C. The highest BCUT2D eigenvalue weighted by atomic mass is 16.6. The van der Waals surface area contributed by atoms with E-state index in [9.17, 15) is 14.4 Å². The van der Waals surface area contributed by atoms with Crippen molar-refractivity contribution in [2.45, 2.75) is 278 Å². The van der Waals surface area contributed by atoms with Gasteiger partial charge in [-0.3, -0.25) is 14.4 Å². The van der Waals surface area contributed by atoms with Crippen molar-refractivity contribution in [3.8, 4) is 0 Å². The molecule has 0 aliphatic carbocycles. The Morgan fingerprint density at radius 3 is 0.891 bits per heavy atom. The standard InChI is InChI=1S/C49H94O6/c1-5-7-9-11-13-15-17-18-19-20-21-22-24-26-28-33-37-41-48(51)54-44-46(55-49(52)42-38-34-30-29-31-35-39-45(3)4)43-53-47(50)40-36-32-27-25-23-16-14-12-10-8-6-2/h45-46H,5-44H2,1-4H3/t46-/m0/s1. The second-order valence-corrected chi connectivity index (χ2v) is 17.2. The van der Waals surface area contributed by atoms with Crippen LogP contribution in [0, 0.1) is 5.92 Å². The predicted octanol–water partition coefficient (Wildman–Crippen LogP) is 15.5. The molecule has 0 aliphatic rings. The van der Waals surface area contributed by atoms with Crippen LogP contribution in [0.4, 0.5) is 0 Å².